The monoisotopic (exact) mass is 501 g/mol. The SMILES string of the molecule is Fc1ccc(-c2cccc3[nH]c(-c4n[nH]c5ccc(-c6cncc(CC7CCNCC7)c6)cc45)cc23)cc1. The molecule has 3 N–H and O–H groups in total. The summed E-state index contributed by atoms with van der Waals surface area (Å²) in [4.78, 5) is 8.13. The van der Waals surface area contributed by atoms with Gasteiger partial charge in [0.25, 0.3) is 0 Å². The number of nitrogens with one attached hydrogen (secondary N) is 3. The molecule has 5 nitrogen and oxygen atoms in total. The molecule has 4 heterocycles. The Morgan fingerprint density at radius 3 is 2.50 bits per heavy atom. The Labute approximate surface area is 220 Å². The van der Waals surface area contributed by atoms with Crippen molar-refractivity contribution in [3.05, 3.63) is 96.6 Å². The molecule has 0 bridgehead atoms. The van der Waals surface area contributed by atoms with Gasteiger partial charge in [-0.3, -0.25) is 10.1 Å². The van der Waals surface area contributed by atoms with E-state index < -0.39 is 0 Å². The lowest BCUT2D eigenvalue weighted by Gasteiger charge is -2.22. The van der Waals surface area contributed by atoms with Crippen molar-refractivity contribution in [3.8, 4) is 33.6 Å². The first kappa shape index (κ1) is 22.9. The first-order chi connectivity index (χ1) is 18.7. The number of rotatable bonds is 5. The third kappa shape index (κ3) is 4.27. The molecule has 6 heteroatoms. The van der Waals surface area contributed by atoms with Crippen LogP contribution in [0.2, 0.25) is 0 Å². The molecule has 0 atom stereocenters. The zero-order valence-electron chi connectivity index (χ0n) is 21.0. The normalized spacial score (nSPS) is 14.4. The van der Waals surface area contributed by atoms with E-state index in [-0.39, 0.29) is 5.82 Å². The predicted octanol–water partition coefficient (Wildman–Crippen LogP) is 7.12. The molecule has 0 aliphatic carbocycles. The number of pyridine rings is 1. The highest BCUT2D eigenvalue weighted by molar-refractivity contribution is 6.01. The van der Waals surface area contributed by atoms with Gasteiger partial charge >= 0.3 is 0 Å². The Balaban J connectivity index is 1.25. The van der Waals surface area contributed by atoms with E-state index >= 15 is 0 Å². The zero-order valence-corrected chi connectivity index (χ0v) is 21.0. The molecule has 0 saturated carbocycles. The first-order valence-corrected chi connectivity index (χ1v) is 13.2. The number of hydrogen-bond acceptors (Lipinski definition) is 3. The summed E-state index contributed by atoms with van der Waals surface area (Å²) in [7, 11) is 0. The molecular formula is C32H28FN5. The van der Waals surface area contributed by atoms with Gasteiger partial charge in [-0.05, 0) is 103 Å². The van der Waals surface area contributed by atoms with E-state index in [9.17, 15) is 4.39 Å². The van der Waals surface area contributed by atoms with Crippen molar-refractivity contribution in [2.75, 3.05) is 13.1 Å². The lowest BCUT2D eigenvalue weighted by atomic mass is 9.91. The van der Waals surface area contributed by atoms with Gasteiger partial charge in [0, 0.05) is 34.2 Å². The standard InChI is InChI=1S/C32H28FN5/c33-25-7-4-22(5-8-25)26-2-1-3-29-27(26)17-31(36-29)32-28-16-23(6-9-30(28)37-38-32)24-15-21(18-35-19-24)14-20-10-12-34-13-11-20/h1-9,15-20,34,36H,10-14H2,(H,37,38). The second-order valence-electron chi connectivity index (χ2n) is 10.3. The van der Waals surface area contributed by atoms with E-state index in [2.05, 4.69) is 67.9 Å². The van der Waals surface area contributed by atoms with Crippen molar-refractivity contribution in [3.63, 3.8) is 0 Å². The van der Waals surface area contributed by atoms with Crippen LogP contribution in [0.15, 0.2) is 85.2 Å². The number of H-pyrrole nitrogens is 2. The second kappa shape index (κ2) is 9.54. The summed E-state index contributed by atoms with van der Waals surface area (Å²) in [5, 5.41) is 13.5. The summed E-state index contributed by atoms with van der Waals surface area (Å²) >= 11 is 0. The van der Waals surface area contributed by atoms with E-state index in [0.29, 0.717) is 0 Å². The molecular weight excluding hydrogens is 473 g/mol. The lowest BCUT2D eigenvalue weighted by Crippen LogP contribution is -2.28. The van der Waals surface area contributed by atoms with Crippen molar-refractivity contribution in [2.24, 2.45) is 5.92 Å². The topological polar surface area (TPSA) is 69.4 Å². The number of aromatic nitrogens is 4. The maximum absolute atomic E-state index is 13.5. The van der Waals surface area contributed by atoms with Gasteiger partial charge in [-0.2, -0.15) is 5.10 Å². The maximum atomic E-state index is 13.5. The molecule has 0 radical (unpaired) electrons. The van der Waals surface area contributed by atoms with Crippen LogP contribution in [-0.4, -0.2) is 33.3 Å². The number of halogens is 1. The molecule has 3 aromatic carbocycles. The van der Waals surface area contributed by atoms with E-state index in [1.54, 1.807) is 0 Å². The molecule has 3 aromatic heterocycles. The van der Waals surface area contributed by atoms with Crippen molar-refractivity contribution in [1.82, 2.24) is 25.5 Å². The molecule has 38 heavy (non-hydrogen) atoms. The number of benzene rings is 3. The lowest BCUT2D eigenvalue weighted by molar-refractivity contribution is 0.372. The van der Waals surface area contributed by atoms with Crippen LogP contribution in [0.3, 0.4) is 0 Å². The number of aromatic amines is 2. The van der Waals surface area contributed by atoms with E-state index in [1.165, 1.54) is 30.5 Å². The van der Waals surface area contributed by atoms with Crippen LogP contribution in [0.25, 0.3) is 55.4 Å². The van der Waals surface area contributed by atoms with Gasteiger partial charge < -0.3 is 10.3 Å². The van der Waals surface area contributed by atoms with Crippen molar-refractivity contribution in [1.29, 1.82) is 0 Å². The minimum atomic E-state index is -0.235. The van der Waals surface area contributed by atoms with Crippen LogP contribution >= 0.6 is 0 Å². The highest BCUT2D eigenvalue weighted by Crippen LogP contribution is 2.35. The molecule has 188 valence electrons. The summed E-state index contributed by atoms with van der Waals surface area (Å²) in [5.74, 6) is 0.486. The summed E-state index contributed by atoms with van der Waals surface area (Å²) in [6.45, 7) is 2.22. The van der Waals surface area contributed by atoms with Gasteiger partial charge in [-0.1, -0.05) is 30.3 Å². The summed E-state index contributed by atoms with van der Waals surface area (Å²) in [6.07, 6.45) is 7.48. The van der Waals surface area contributed by atoms with Gasteiger partial charge in [-0.15, -0.1) is 0 Å². The molecule has 6 aromatic rings. The summed E-state index contributed by atoms with van der Waals surface area (Å²) in [5.41, 5.74) is 9.41. The van der Waals surface area contributed by atoms with Crippen LogP contribution in [0.5, 0.6) is 0 Å². The number of piperidine rings is 1. The van der Waals surface area contributed by atoms with E-state index in [4.69, 9.17) is 0 Å². The third-order valence-electron chi connectivity index (χ3n) is 7.75. The second-order valence-corrected chi connectivity index (χ2v) is 10.3. The Hall–Kier alpha value is -4.29. The molecule has 0 spiro atoms. The Morgan fingerprint density at radius 2 is 1.63 bits per heavy atom. The van der Waals surface area contributed by atoms with Crippen molar-refractivity contribution < 1.29 is 4.39 Å². The van der Waals surface area contributed by atoms with Crippen LogP contribution in [-0.2, 0) is 6.42 Å². The minimum absolute atomic E-state index is 0.235. The molecule has 7 rings (SSSR count). The average molecular weight is 502 g/mol. The van der Waals surface area contributed by atoms with Gasteiger partial charge in [-0.25, -0.2) is 4.39 Å². The van der Waals surface area contributed by atoms with Crippen LogP contribution in [0, 0.1) is 11.7 Å². The summed E-state index contributed by atoms with van der Waals surface area (Å²) < 4.78 is 13.5. The van der Waals surface area contributed by atoms with Crippen molar-refractivity contribution in [2.45, 2.75) is 19.3 Å². The van der Waals surface area contributed by atoms with Crippen molar-refractivity contribution >= 4 is 21.8 Å². The third-order valence-corrected chi connectivity index (χ3v) is 7.75. The van der Waals surface area contributed by atoms with E-state index in [0.717, 1.165) is 80.9 Å². The predicted molar refractivity (Wildman–Crippen MR) is 151 cm³/mol. The molecule has 1 saturated heterocycles. The van der Waals surface area contributed by atoms with Crippen LogP contribution in [0.4, 0.5) is 4.39 Å². The van der Waals surface area contributed by atoms with Gasteiger partial charge in [0.05, 0.1) is 11.2 Å². The number of hydrogen-bond donors (Lipinski definition) is 3. The smallest absolute Gasteiger partial charge is 0.123 e. The summed E-state index contributed by atoms with van der Waals surface area (Å²) in [6, 6.07) is 23.6. The fraction of sp³-hybridized carbons (Fsp3) is 0.188. The largest absolute Gasteiger partial charge is 0.353 e. The molecule has 1 fully saturated rings. The highest BCUT2D eigenvalue weighted by atomic mass is 19.1. The molecule has 0 unspecified atom stereocenters. The number of fused-ring (bicyclic) bond motifs is 2. The molecule has 1 aliphatic rings. The van der Waals surface area contributed by atoms with Gasteiger partial charge in [0.2, 0.25) is 0 Å². The Kier molecular flexibility index (Phi) is 5.74. The fourth-order valence-corrected chi connectivity index (χ4v) is 5.74. The average Bonchev–Trinajstić information content (AvgIpc) is 3.58. The molecule has 0 amide bonds. The van der Waals surface area contributed by atoms with Gasteiger partial charge in [0.15, 0.2) is 0 Å². The number of nitrogens with zero attached hydrogens (tertiary/aromatic N) is 2. The Morgan fingerprint density at radius 1 is 0.789 bits per heavy atom. The zero-order chi connectivity index (χ0) is 25.5. The highest BCUT2D eigenvalue weighted by Gasteiger charge is 2.16. The fourth-order valence-electron chi connectivity index (χ4n) is 5.74. The first-order valence-electron chi connectivity index (χ1n) is 13.2. The van der Waals surface area contributed by atoms with Crippen LogP contribution < -0.4 is 5.32 Å². The van der Waals surface area contributed by atoms with Crippen LogP contribution in [0.1, 0.15) is 18.4 Å². The minimum Gasteiger partial charge on any atom is -0.353 e. The van der Waals surface area contributed by atoms with Gasteiger partial charge in [0.1, 0.15) is 11.5 Å². The Bertz CT molecular complexity index is 1740. The molecule has 1 aliphatic heterocycles. The maximum Gasteiger partial charge on any atom is 0.123 e. The van der Waals surface area contributed by atoms with E-state index in [1.807, 2.05) is 30.6 Å². The quantitative estimate of drug-likeness (QED) is 0.236.